The third kappa shape index (κ3) is 4.06. The molecule has 1 saturated heterocycles. The number of nitrogens with one attached hydrogen (secondary N) is 2. The van der Waals surface area contributed by atoms with Crippen molar-refractivity contribution in [3.05, 3.63) is 18.5 Å². The van der Waals surface area contributed by atoms with Gasteiger partial charge in [-0.15, -0.1) is 0 Å². The average Bonchev–Trinajstić information content (AvgIpc) is 3.36. The van der Waals surface area contributed by atoms with Crippen molar-refractivity contribution in [1.29, 1.82) is 0 Å². The minimum Gasteiger partial charge on any atom is -0.356 e. The van der Waals surface area contributed by atoms with Crippen LogP contribution in [0.4, 0.5) is 5.95 Å². The second-order valence-electron chi connectivity index (χ2n) is 5.87. The van der Waals surface area contributed by atoms with Gasteiger partial charge in [-0.2, -0.15) is 0 Å². The van der Waals surface area contributed by atoms with E-state index in [9.17, 15) is 0 Å². The van der Waals surface area contributed by atoms with E-state index in [1.807, 2.05) is 25.5 Å². The monoisotopic (exact) mass is 288 g/mol. The Balaban J connectivity index is 1.49. The van der Waals surface area contributed by atoms with Crippen LogP contribution in [0.1, 0.15) is 25.7 Å². The van der Waals surface area contributed by atoms with Gasteiger partial charge in [0.25, 0.3) is 0 Å². The zero-order valence-corrected chi connectivity index (χ0v) is 12.6. The van der Waals surface area contributed by atoms with Gasteiger partial charge in [-0.3, -0.25) is 4.99 Å². The minimum atomic E-state index is 0.611. The molecule has 1 aromatic heterocycles. The standard InChI is InChI=1S/C15H24N6/c1-16-14(20-13-5-6-13)19-10-12-4-2-9-21(11-12)15-17-7-3-8-18-15/h3,7-8,12-13H,2,4-6,9-11H2,1H3,(H2,16,19,20). The number of guanidine groups is 1. The number of piperidine rings is 1. The van der Waals surface area contributed by atoms with Crippen molar-refractivity contribution >= 4 is 11.9 Å². The topological polar surface area (TPSA) is 65.4 Å². The molecule has 0 amide bonds. The van der Waals surface area contributed by atoms with E-state index in [-0.39, 0.29) is 0 Å². The summed E-state index contributed by atoms with van der Waals surface area (Å²) >= 11 is 0. The van der Waals surface area contributed by atoms with Gasteiger partial charge in [0.05, 0.1) is 0 Å². The maximum Gasteiger partial charge on any atom is 0.225 e. The van der Waals surface area contributed by atoms with Gasteiger partial charge in [0, 0.05) is 45.1 Å². The molecule has 114 valence electrons. The molecule has 2 fully saturated rings. The van der Waals surface area contributed by atoms with Crippen LogP contribution in [0.15, 0.2) is 23.5 Å². The van der Waals surface area contributed by atoms with Gasteiger partial charge >= 0.3 is 0 Å². The molecule has 2 aliphatic rings. The van der Waals surface area contributed by atoms with Gasteiger partial charge in [-0.1, -0.05) is 0 Å². The van der Waals surface area contributed by atoms with Crippen LogP contribution in [0.3, 0.4) is 0 Å². The molecule has 1 unspecified atom stereocenters. The van der Waals surface area contributed by atoms with Crippen molar-refractivity contribution in [3.8, 4) is 0 Å². The van der Waals surface area contributed by atoms with Crippen LogP contribution in [0.5, 0.6) is 0 Å². The fraction of sp³-hybridized carbons (Fsp3) is 0.667. The molecule has 21 heavy (non-hydrogen) atoms. The molecular formula is C15H24N6. The number of nitrogens with zero attached hydrogens (tertiary/aromatic N) is 4. The average molecular weight is 288 g/mol. The fourth-order valence-electron chi connectivity index (χ4n) is 2.72. The highest BCUT2D eigenvalue weighted by Gasteiger charge is 2.24. The second-order valence-corrected chi connectivity index (χ2v) is 5.87. The lowest BCUT2D eigenvalue weighted by Crippen LogP contribution is -2.45. The largest absolute Gasteiger partial charge is 0.356 e. The van der Waals surface area contributed by atoms with Crippen molar-refractivity contribution in [2.24, 2.45) is 10.9 Å². The summed E-state index contributed by atoms with van der Waals surface area (Å²) in [4.78, 5) is 15.3. The van der Waals surface area contributed by atoms with Crippen LogP contribution in [-0.4, -0.2) is 48.7 Å². The molecule has 2 heterocycles. The van der Waals surface area contributed by atoms with Gasteiger partial charge in [-0.25, -0.2) is 9.97 Å². The fourth-order valence-corrected chi connectivity index (χ4v) is 2.72. The summed E-state index contributed by atoms with van der Waals surface area (Å²) in [6.45, 7) is 3.02. The first-order valence-corrected chi connectivity index (χ1v) is 7.84. The normalized spacial score (nSPS) is 23.0. The molecule has 1 saturated carbocycles. The third-order valence-corrected chi connectivity index (χ3v) is 4.05. The van der Waals surface area contributed by atoms with Gasteiger partial charge in [0.2, 0.25) is 5.95 Å². The summed E-state index contributed by atoms with van der Waals surface area (Å²) in [6.07, 6.45) is 8.60. The Labute approximate surface area is 126 Å². The first-order valence-electron chi connectivity index (χ1n) is 7.84. The van der Waals surface area contributed by atoms with Crippen molar-refractivity contribution in [3.63, 3.8) is 0 Å². The summed E-state index contributed by atoms with van der Waals surface area (Å²) in [5, 5.41) is 6.88. The number of aromatic nitrogens is 2. The lowest BCUT2D eigenvalue weighted by molar-refractivity contribution is 0.406. The first-order chi connectivity index (χ1) is 10.3. The van der Waals surface area contributed by atoms with Crippen LogP contribution < -0.4 is 15.5 Å². The van der Waals surface area contributed by atoms with E-state index < -0.39 is 0 Å². The lowest BCUT2D eigenvalue weighted by atomic mass is 9.98. The van der Waals surface area contributed by atoms with E-state index in [1.165, 1.54) is 25.7 Å². The van der Waals surface area contributed by atoms with Gasteiger partial charge in [0.1, 0.15) is 0 Å². The molecule has 1 aromatic rings. The van der Waals surface area contributed by atoms with Gasteiger partial charge in [0.15, 0.2) is 5.96 Å². The Morgan fingerprint density at radius 2 is 2.14 bits per heavy atom. The Morgan fingerprint density at radius 3 is 2.86 bits per heavy atom. The zero-order chi connectivity index (χ0) is 14.5. The van der Waals surface area contributed by atoms with Gasteiger partial charge in [-0.05, 0) is 37.7 Å². The summed E-state index contributed by atoms with van der Waals surface area (Å²) in [7, 11) is 1.84. The molecule has 1 atom stereocenters. The lowest BCUT2D eigenvalue weighted by Gasteiger charge is -2.33. The molecule has 0 spiro atoms. The van der Waals surface area contributed by atoms with E-state index in [4.69, 9.17) is 0 Å². The maximum absolute atomic E-state index is 4.35. The van der Waals surface area contributed by atoms with Crippen molar-refractivity contribution < 1.29 is 0 Å². The van der Waals surface area contributed by atoms with E-state index in [0.717, 1.165) is 31.5 Å². The van der Waals surface area contributed by atoms with Crippen molar-refractivity contribution in [1.82, 2.24) is 20.6 Å². The molecule has 6 heteroatoms. The van der Waals surface area contributed by atoms with Crippen molar-refractivity contribution in [2.75, 3.05) is 31.6 Å². The molecular weight excluding hydrogens is 264 g/mol. The zero-order valence-electron chi connectivity index (χ0n) is 12.6. The minimum absolute atomic E-state index is 0.611. The van der Waals surface area contributed by atoms with E-state index in [1.54, 1.807) is 0 Å². The predicted octanol–water partition coefficient (Wildman–Crippen LogP) is 1.02. The Bertz CT molecular complexity index is 470. The number of hydrogen-bond donors (Lipinski definition) is 2. The summed E-state index contributed by atoms with van der Waals surface area (Å²) in [5.41, 5.74) is 0. The Kier molecular flexibility index (Phi) is 4.52. The highest BCUT2D eigenvalue weighted by molar-refractivity contribution is 5.80. The number of rotatable bonds is 4. The van der Waals surface area contributed by atoms with Crippen molar-refractivity contribution in [2.45, 2.75) is 31.7 Å². The molecule has 1 aliphatic heterocycles. The molecule has 6 nitrogen and oxygen atoms in total. The highest BCUT2D eigenvalue weighted by Crippen LogP contribution is 2.20. The highest BCUT2D eigenvalue weighted by atomic mass is 15.3. The summed E-state index contributed by atoms with van der Waals surface area (Å²) in [5.74, 6) is 2.40. The van der Waals surface area contributed by atoms with Crippen LogP contribution in [-0.2, 0) is 0 Å². The molecule has 0 radical (unpaired) electrons. The molecule has 0 bridgehead atoms. The second kappa shape index (κ2) is 6.74. The van der Waals surface area contributed by atoms with Crippen LogP contribution in [0.25, 0.3) is 0 Å². The van der Waals surface area contributed by atoms with E-state index >= 15 is 0 Å². The number of aliphatic imine (C=N–C) groups is 1. The van der Waals surface area contributed by atoms with Gasteiger partial charge < -0.3 is 15.5 Å². The molecule has 2 N–H and O–H groups in total. The Hall–Kier alpha value is -1.85. The molecule has 1 aliphatic carbocycles. The number of anilines is 1. The smallest absolute Gasteiger partial charge is 0.225 e. The maximum atomic E-state index is 4.35. The quantitative estimate of drug-likeness (QED) is 0.640. The van der Waals surface area contributed by atoms with E-state index in [2.05, 4.69) is 30.5 Å². The predicted molar refractivity (Wildman–Crippen MR) is 84.5 cm³/mol. The summed E-state index contributed by atoms with van der Waals surface area (Å²) < 4.78 is 0. The SMILES string of the molecule is CN=C(NCC1CCCN(c2ncccn2)C1)NC1CC1. The number of hydrogen-bond acceptors (Lipinski definition) is 4. The summed E-state index contributed by atoms with van der Waals surface area (Å²) in [6, 6.07) is 2.50. The van der Waals surface area contributed by atoms with E-state index in [0.29, 0.717) is 12.0 Å². The third-order valence-electron chi connectivity index (χ3n) is 4.05. The van der Waals surface area contributed by atoms with Crippen LogP contribution in [0, 0.1) is 5.92 Å². The molecule has 3 rings (SSSR count). The van der Waals surface area contributed by atoms with Crippen LogP contribution in [0.2, 0.25) is 0 Å². The van der Waals surface area contributed by atoms with Crippen LogP contribution >= 0.6 is 0 Å². The first kappa shape index (κ1) is 14.1. The molecule has 0 aromatic carbocycles. The Morgan fingerprint density at radius 1 is 1.33 bits per heavy atom.